The van der Waals surface area contributed by atoms with Gasteiger partial charge in [0.1, 0.15) is 18.2 Å². The zero-order valence-corrected chi connectivity index (χ0v) is 15.8. The molecule has 2 heterocycles. The lowest BCUT2D eigenvalue weighted by atomic mass is 10.1. The maximum absolute atomic E-state index is 12.4. The number of thiazole rings is 1. The van der Waals surface area contributed by atoms with Crippen LogP contribution in [0, 0.1) is 0 Å². The highest BCUT2D eigenvalue weighted by Gasteiger charge is 2.16. The summed E-state index contributed by atoms with van der Waals surface area (Å²) in [6.07, 6.45) is 0.262. The Balaban J connectivity index is 1.39. The summed E-state index contributed by atoms with van der Waals surface area (Å²) in [4.78, 5) is 17.0. The van der Waals surface area contributed by atoms with Gasteiger partial charge in [-0.1, -0.05) is 36.4 Å². The fourth-order valence-corrected chi connectivity index (χ4v) is 3.80. The SMILES string of the molecule is CC(NC(=O)Cc1csc(-c2ccccc2)n1)c1ccc2c(c1)OCCO2. The predicted octanol–water partition coefficient (Wildman–Crippen LogP) is 4.00. The zero-order valence-electron chi connectivity index (χ0n) is 15.0. The van der Waals surface area contributed by atoms with Gasteiger partial charge in [-0.05, 0) is 24.6 Å². The van der Waals surface area contributed by atoms with E-state index >= 15 is 0 Å². The van der Waals surface area contributed by atoms with Crippen LogP contribution in [0.5, 0.6) is 11.5 Å². The van der Waals surface area contributed by atoms with E-state index < -0.39 is 0 Å². The number of hydrogen-bond acceptors (Lipinski definition) is 5. The molecule has 1 aliphatic heterocycles. The molecule has 0 bridgehead atoms. The Morgan fingerprint density at radius 1 is 1.15 bits per heavy atom. The van der Waals surface area contributed by atoms with Crippen LogP contribution in [-0.2, 0) is 11.2 Å². The largest absolute Gasteiger partial charge is 0.486 e. The highest BCUT2D eigenvalue weighted by Crippen LogP contribution is 2.32. The third-order valence-corrected chi connectivity index (χ3v) is 5.30. The van der Waals surface area contributed by atoms with Crippen molar-refractivity contribution in [1.29, 1.82) is 0 Å². The number of amides is 1. The van der Waals surface area contributed by atoms with Gasteiger partial charge in [0.25, 0.3) is 0 Å². The monoisotopic (exact) mass is 380 g/mol. The molecule has 1 aromatic heterocycles. The number of carbonyl (C=O) groups is 1. The van der Waals surface area contributed by atoms with Gasteiger partial charge in [0, 0.05) is 10.9 Å². The summed E-state index contributed by atoms with van der Waals surface area (Å²) < 4.78 is 11.2. The summed E-state index contributed by atoms with van der Waals surface area (Å²) >= 11 is 1.55. The second-order valence-electron chi connectivity index (χ2n) is 6.38. The normalized spacial score (nSPS) is 13.8. The van der Waals surface area contributed by atoms with Crippen LogP contribution in [0.4, 0.5) is 0 Å². The number of rotatable bonds is 5. The maximum Gasteiger partial charge on any atom is 0.226 e. The van der Waals surface area contributed by atoms with E-state index in [2.05, 4.69) is 10.3 Å². The van der Waals surface area contributed by atoms with Crippen molar-refractivity contribution >= 4 is 17.2 Å². The molecule has 27 heavy (non-hydrogen) atoms. The Kier molecular flexibility index (Phi) is 5.07. The number of nitrogens with zero attached hydrogens (tertiary/aromatic N) is 1. The average molecular weight is 380 g/mol. The van der Waals surface area contributed by atoms with Crippen molar-refractivity contribution < 1.29 is 14.3 Å². The van der Waals surface area contributed by atoms with Crippen LogP contribution in [0.3, 0.4) is 0 Å². The first-order valence-corrected chi connectivity index (χ1v) is 9.76. The maximum atomic E-state index is 12.4. The molecule has 0 radical (unpaired) electrons. The van der Waals surface area contributed by atoms with Gasteiger partial charge in [-0.15, -0.1) is 11.3 Å². The lowest BCUT2D eigenvalue weighted by Crippen LogP contribution is -2.28. The van der Waals surface area contributed by atoms with Gasteiger partial charge in [0.15, 0.2) is 11.5 Å². The van der Waals surface area contributed by atoms with Gasteiger partial charge in [-0.2, -0.15) is 0 Å². The number of hydrogen-bond donors (Lipinski definition) is 1. The van der Waals surface area contributed by atoms with Crippen molar-refractivity contribution in [2.24, 2.45) is 0 Å². The number of carbonyl (C=O) groups excluding carboxylic acids is 1. The quantitative estimate of drug-likeness (QED) is 0.727. The summed E-state index contributed by atoms with van der Waals surface area (Å²) in [6.45, 7) is 3.07. The molecular weight excluding hydrogens is 360 g/mol. The molecule has 1 aliphatic rings. The number of aromatic nitrogens is 1. The van der Waals surface area contributed by atoms with Crippen LogP contribution in [0.2, 0.25) is 0 Å². The fraction of sp³-hybridized carbons (Fsp3) is 0.238. The molecule has 3 aromatic rings. The Morgan fingerprint density at radius 3 is 2.74 bits per heavy atom. The van der Waals surface area contributed by atoms with Gasteiger partial charge in [-0.25, -0.2) is 4.98 Å². The van der Waals surface area contributed by atoms with Crippen LogP contribution >= 0.6 is 11.3 Å². The number of nitrogens with one attached hydrogen (secondary N) is 1. The van der Waals surface area contributed by atoms with Gasteiger partial charge in [0.05, 0.1) is 18.2 Å². The third-order valence-electron chi connectivity index (χ3n) is 4.36. The Labute approximate surface area is 162 Å². The van der Waals surface area contributed by atoms with Crippen molar-refractivity contribution in [2.75, 3.05) is 13.2 Å². The predicted molar refractivity (Wildman–Crippen MR) is 105 cm³/mol. The van der Waals surface area contributed by atoms with E-state index in [-0.39, 0.29) is 18.4 Å². The zero-order chi connectivity index (χ0) is 18.6. The minimum absolute atomic E-state index is 0.0534. The highest BCUT2D eigenvalue weighted by atomic mass is 32.1. The van der Waals surface area contributed by atoms with Crippen molar-refractivity contribution in [2.45, 2.75) is 19.4 Å². The second kappa shape index (κ2) is 7.80. The summed E-state index contributed by atoms with van der Waals surface area (Å²) in [6, 6.07) is 15.6. The summed E-state index contributed by atoms with van der Waals surface area (Å²) in [5.74, 6) is 1.42. The van der Waals surface area contributed by atoms with Crippen LogP contribution in [0.1, 0.15) is 24.2 Å². The first-order chi connectivity index (χ1) is 13.2. The van der Waals surface area contributed by atoms with Crippen molar-refractivity contribution in [3.8, 4) is 22.1 Å². The summed E-state index contributed by atoms with van der Waals surface area (Å²) in [5.41, 5.74) is 2.83. The van der Waals surface area contributed by atoms with Gasteiger partial charge >= 0.3 is 0 Å². The molecule has 0 spiro atoms. The Morgan fingerprint density at radius 2 is 1.93 bits per heavy atom. The molecular formula is C21H20N2O3S. The first-order valence-electron chi connectivity index (χ1n) is 8.88. The molecule has 138 valence electrons. The number of fused-ring (bicyclic) bond motifs is 1. The molecule has 1 atom stereocenters. The fourth-order valence-electron chi connectivity index (χ4n) is 2.97. The number of benzene rings is 2. The van der Waals surface area contributed by atoms with E-state index in [1.54, 1.807) is 11.3 Å². The Bertz CT molecular complexity index is 940. The lowest BCUT2D eigenvalue weighted by Gasteiger charge is -2.21. The highest BCUT2D eigenvalue weighted by molar-refractivity contribution is 7.13. The summed E-state index contributed by atoms with van der Waals surface area (Å²) in [7, 11) is 0. The minimum atomic E-state index is -0.124. The molecule has 0 saturated carbocycles. The van der Waals surface area contributed by atoms with E-state index in [1.165, 1.54) is 0 Å². The smallest absolute Gasteiger partial charge is 0.226 e. The van der Waals surface area contributed by atoms with E-state index in [1.807, 2.05) is 60.8 Å². The molecule has 4 rings (SSSR count). The average Bonchev–Trinajstić information content (AvgIpc) is 3.16. The molecule has 0 fully saturated rings. The van der Waals surface area contributed by atoms with Crippen LogP contribution in [-0.4, -0.2) is 24.1 Å². The lowest BCUT2D eigenvalue weighted by molar-refractivity contribution is -0.121. The van der Waals surface area contributed by atoms with Crippen LogP contribution < -0.4 is 14.8 Å². The molecule has 2 aromatic carbocycles. The van der Waals surface area contributed by atoms with E-state index in [4.69, 9.17) is 9.47 Å². The van der Waals surface area contributed by atoms with E-state index in [0.29, 0.717) is 13.2 Å². The van der Waals surface area contributed by atoms with E-state index in [0.717, 1.165) is 33.3 Å². The van der Waals surface area contributed by atoms with Crippen LogP contribution in [0.15, 0.2) is 53.9 Å². The molecule has 0 aliphatic carbocycles. The standard InChI is InChI=1S/C21H20N2O3S/c1-14(16-7-8-18-19(11-16)26-10-9-25-18)22-20(24)12-17-13-27-21(23-17)15-5-3-2-4-6-15/h2-8,11,13-14H,9-10,12H2,1H3,(H,22,24). The van der Waals surface area contributed by atoms with Crippen molar-refractivity contribution in [3.63, 3.8) is 0 Å². The topological polar surface area (TPSA) is 60.5 Å². The van der Waals surface area contributed by atoms with Gasteiger partial charge in [-0.3, -0.25) is 4.79 Å². The molecule has 0 saturated heterocycles. The summed E-state index contributed by atoms with van der Waals surface area (Å²) in [5, 5.41) is 5.90. The molecule has 1 N–H and O–H groups in total. The molecule has 1 amide bonds. The van der Waals surface area contributed by atoms with Crippen molar-refractivity contribution in [3.05, 3.63) is 65.2 Å². The second-order valence-corrected chi connectivity index (χ2v) is 7.24. The molecule has 1 unspecified atom stereocenters. The van der Waals surface area contributed by atoms with Crippen molar-refractivity contribution in [1.82, 2.24) is 10.3 Å². The van der Waals surface area contributed by atoms with E-state index in [9.17, 15) is 4.79 Å². The third kappa shape index (κ3) is 4.11. The van der Waals surface area contributed by atoms with Gasteiger partial charge in [0.2, 0.25) is 5.91 Å². The Hall–Kier alpha value is -2.86. The van der Waals surface area contributed by atoms with Crippen LogP contribution in [0.25, 0.3) is 10.6 Å². The number of ether oxygens (including phenoxy) is 2. The minimum Gasteiger partial charge on any atom is -0.486 e. The first kappa shape index (κ1) is 17.5. The molecule has 5 nitrogen and oxygen atoms in total. The van der Waals surface area contributed by atoms with Gasteiger partial charge < -0.3 is 14.8 Å². The molecule has 6 heteroatoms.